The van der Waals surface area contributed by atoms with Crippen molar-refractivity contribution >= 4 is 11.5 Å². The van der Waals surface area contributed by atoms with Gasteiger partial charge in [0.15, 0.2) is 0 Å². The van der Waals surface area contributed by atoms with Crippen LogP contribution in [0.4, 0.5) is 11.5 Å². The van der Waals surface area contributed by atoms with Gasteiger partial charge in [-0.1, -0.05) is 0 Å². The van der Waals surface area contributed by atoms with Gasteiger partial charge in [-0.3, -0.25) is 0 Å². The first-order valence-corrected chi connectivity index (χ1v) is 5.39. The number of hydrogen-bond acceptors (Lipinski definition) is 5. The fraction of sp³-hybridized carbons (Fsp3) is 0.545. The molecule has 0 saturated carbocycles. The average molecular weight is 223 g/mol. The van der Waals surface area contributed by atoms with Crippen molar-refractivity contribution in [1.29, 1.82) is 0 Å². The number of ether oxygens (including phenoxy) is 1. The summed E-state index contributed by atoms with van der Waals surface area (Å²) in [5, 5.41) is 13.4. The van der Waals surface area contributed by atoms with Crippen LogP contribution in [0.15, 0.2) is 18.3 Å². The minimum absolute atomic E-state index is 0.140. The van der Waals surface area contributed by atoms with E-state index in [-0.39, 0.29) is 6.10 Å². The van der Waals surface area contributed by atoms with Gasteiger partial charge in [0.25, 0.3) is 0 Å². The Morgan fingerprint density at radius 2 is 2.56 bits per heavy atom. The largest absolute Gasteiger partial charge is 0.385 e. The molecule has 16 heavy (non-hydrogen) atoms. The Morgan fingerprint density at radius 3 is 3.19 bits per heavy atom. The maximum Gasteiger partial charge on any atom is 0.125 e. The standard InChI is InChI=1S/C11H17N3O2/c1-8-11(15,3-5-16-8)7-14-9-2-4-13-10(12)6-9/h2,4,6,8,15H,3,5,7H2,1H3,(H3,12,13,14). The van der Waals surface area contributed by atoms with E-state index in [0.29, 0.717) is 25.4 Å². The van der Waals surface area contributed by atoms with E-state index < -0.39 is 5.60 Å². The van der Waals surface area contributed by atoms with Gasteiger partial charge in [0.1, 0.15) is 11.4 Å². The third kappa shape index (κ3) is 2.25. The van der Waals surface area contributed by atoms with Crippen LogP contribution in [0.1, 0.15) is 13.3 Å². The van der Waals surface area contributed by atoms with Gasteiger partial charge in [-0.2, -0.15) is 0 Å². The molecule has 0 aromatic carbocycles. The average Bonchev–Trinajstić information content (AvgIpc) is 2.58. The van der Waals surface area contributed by atoms with Gasteiger partial charge in [0, 0.05) is 37.5 Å². The topological polar surface area (TPSA) is 80.4 Å². The first kappa shape index (κ1) is 11.2. The van der Waals surface area contributed by atoms with E-state index in [1.807, 2.05) is 13.0 Å². The lowest BCUT2D eigenvalue weighted by atomic mass is 9.97. The molecule has 88 valence electrons. The van der Waals surface area contributed by atoms with Crippen LogP contribution in [-0.4, -0.2) is 34.9 Å². The molecule has 1 aromatic rings. The highest BCUT2D eigenvalue weighted by atomic mass is 16.5. The van der Waals surface area contributed by atoms with Gasteiger partial charge in [-0.15, -0.1) is 0 Å². The summed E-state index contributed by atoms with van der Waals surface area (Å²) in [4.78, 5) is 3.90. The summed E-state index contributed by atoms with van der Waals surface area (Å²) in [5.74, 6) is 0.465. The molecule has 0 radical (unpaired) electrons. The predicted molar refractivity (Wildman–Crippen MR) is 62.1 cm³/mol. The molecule has 1 fully saturated rings. The normalized spacial score (nSPS) is 29.2. The van der Waals surface area contributed by atoms with E-state index in [9.17, 15) is 5.11 Å². The van der Waals surface area contributed by atoms with Crippen molar-refractivity contribution in [1.82, 2.24) is 4.98 Å². The van der Waals surface area contributed by atoms with Crippen LogP contribution in [0, 0.1) is 0 Å². The maximum atomic E-state index is 10.3. The Kier molecular flexibility index (Phi) is 2.98. The molecule has 5 heteroatoms. The van der Waals surface area contributed by atoms with E-state index >= 15 is 0 Å². The zero-order chi connectivity index (χ0) is 11.6. The third-order valence-corrected chi connectivity index (χ3v) is 3.04. The van der Waals surface area contributed by atoms with Crippen LogP contribution >= 0.6 is 0 Å². The van der Waals surface area contributed by atoms with E-state index in [0.717, 1.165) is 5.69 Å². The van der Waals surface area contributed by atoms with Gasteiger partial charge in [-0.25, -0.2) is 4.98 Å². The van der Waals surface area contributed by atoms with Crippen molar-refractivity contribution in [3.63, 3.8) is 0 Å². The van der Waals surface area contributed by atoms with Crippen molar-refractivity contribution in [2.75, 3.05) is 24.2 Å². The van der Waals surface area contributed by atoms with Gasteiger partial charge in [0.2, 0.25) is 0 Å². The molecule has 2 unspecified atom stereocenters. The van der Waals surface area contributed by atoms with Crippen molar-refractivity contribution in [3.05, 3.63) is 18.3 Å². The van der Waals surface area contributed by atoms with Crippen LogP contribution in [0.3, 0.4) is 0 Å². The number of nitrogen functional groups attached to an aromatic ring is 1. The van der Waals surface area contributed by atoms with Gasteiger partial charge < -0.3 is 20.9 Å². The van der Waals surface area contributed by atoms with E-state index in [1.165, 1.54) is 0 Å². The number of pyridine rings is 1. The maximum absolute atomic E-state index is 10.3. The molecule has 0 amide bonds. The Bertz CT molecular complexity index is 372. The molecule has 1 aromatic heterocycles. The van der Waals surface area contributed by atoms with Crippen LogP contribution < -0.4 is 11.1 Å². The monoisotopic (exact) mass is 223 g/mol. The molecule has 1 aliphatic rings. The summed E-state index contributed by atoms with van der Waals surface area (Å²) in [6.45, 7) is 2.95. The second kappa shape index (κ2) is 4.27. The van der Waals surface area contributed by atoms with Crippen molar-refractivity contribution in [2.24, 2.45) is 0 Å². The second-order valence-electron chi connectivity index (χ2n) is 4.19. The molecule has 0 bridgehead atoms. The lowest BCUT2D eigenvalue weighted by molar-refractivity contribution is -0.0175. The highest BCUT2D eigenvalue weighted by Gasteiger charge is 2.39. The predicted octanol–water partition coefficient (Wildman–Crippen LogP) is 0.616. The van der Waals surface area contributed by atoms with Crippen LogP contribution in [0.2, 0.25) is 0 Å². The van der Waals surface area contributed by atoms with Crippen LogP contribution in [0.25, 0.3) is 0 Å². The molecule has 5 nitrogen and oxygen atoms in total. The van der Waals surface area contributed by atoms with Crippen LogP contribution in [-0.2, 0) is 4.74 Å². The lowest BCUT2D eigenvalue weighted by Gasteiger charge is -2.26. The molecule has 0 aliphatic carbocycles. The molecule has 0 spiro atoms. The number of nitrogens with one attached hydrogen (secondary N) is 1. The van der Waals surface area contributed by atoms with E-state index in [2.05, 4.69) is 10.3 Å². The molecule has 1 saturated heterocycles. The first-order valence-electron chi connectivity index (χ1n) is 5.39. The highest BCUT2D eigenvalue weighted by molar-refractivity contribution is 5.49. The van der Waals surface area contributed by atoms with Crippen LogP contribution in [0.5, 0.6) is 0 Å². The van der Waals surface area contributed by atoms with Gasteiger partial charge >= 0.3 is 0 Å². The van der Waals surface area contributed by atoms with Gasteiger partial charge in [0.05, 0.1) is 6.10 Å². The molecule has 2 atom stereocenters. The fourth-order valence-electron chi connectivity index (χ4n) is 1.82. The molecule has 2 heterocycles. The Hall–Kier alpha value is -1.33. The fourth-order valence-corrected chi connectivity index (χ4v) is 1.82. The summed E-state index contributed by atoms with van der Waals surface area (Å²) in [7, 11) is 0. The number of aromatic nitrogens is 1. The van der Waals surface area contributed by atoms with Gasteiger partial charge in [-0.05, 0) is 13.0 Å². The minimum Gasteiger partial charge on any atom is -0.385 e. The molecule has 1 aliphatic heterocycles. The zero-order valence-corrected chi connectivity index (χ0v) is 9.31. The number of rotatable bonds is 3. The molecule has 2 rings (SSSR count). The quantitative estimate of drug-likeness (QED) is 0.699. The van der Waals surface area contributed by atoms with E-state index in [1.54, 1.807) is 12.3 Å². The number of hydrogen-bond donors (Lipinski definition) is 3. The number of anilines is 2. The van der Waals surface area contributed by atoms with E-state index in [4.69, 9.17) is 10.5 Å². The molecular formula is C11H17N3O2. The Labute approximate surface area is 94.6 Å². The molecular weight excluding hydrogens is 206 g/mol. The Morgan fingerprint density at radius 1 is 1.75 bits per heavy atom. The Balaban J connectivity index is 1.97. The summed E-state index contributed by atoms with van der Waals surface area (Å²) >= 11 is 0. The summed E-state index contributed by atoms with van der Waals surface area (Å²) in [6, 6.07) is 3.56. The number of aliphatic hydroxyl groups is 1. The summed E-state index contributed by atoms with van der Waals surface area (Å²) in [6.07, 6.45) is 2.15. The lowest BCUT2D eigenvalue weighted by Crippen LogP contribution is -2.43. The number of nitrogens with two attached hydrogens (primary N) is 1. The summed E-state index contributed by atoms with van der Waals surface area (Å²) in [5.41, 5.74) is 5.63. The number of nitrogens with zero attached hydrogens (tertiary/aromatic N) is 1. The summed E-state index contributed by atoms with van der Waals surface area (Å²) < 4.78 is 5.35. The SMILES string of the molecule is CC1OCCC1(O)CNc1ccnc(N)c1. The zero-order valence-electron chi connectivity index (χ0n) is 9.31. The molecule has 4 N–H and O–H groups in total. The first-order chi connectivity index (χ1) is 7.60. The second-order valence-corrected chi connectivity index (χ2v) is 4.19. The highest BCUT2D eigenvalue weighted by Crippen LogP contribution is 2.26. The third-order valence-electron chi connectivity index (χ3n) is 3.04. The smallest absolute Gasteiger partial charge is 0.125 e. The van der Waals surface area contributed by atoms with Crippen molar-refractivity contribution in [3.8, 4) is 0 Å². The van der Waals surface area contributed by atoms with Crippen molar-refractivity contribution in [2.45, 2.75) is 25.0 Å². The minimum atomic E-state index is -0.794. The van der Waals surface area contributed by atoms with Crippen molar-refractivity contribution < 1.29 is 9.84 Å².